The number of aryl methyl sites for hydroxylation is 1. The van der Waals surface area contributed by atoms with E-state index in [0.29, 0.717) is 13.0 Å². The van der Waals surface area contributed by atoms with Crippen molar-refractivity contribution < 1.29 is 9.59 Å². The van der Waals surface area contributed by atoms with Crippen LogP contribution < -0.4 is 15.1 Å². The second-order valence-electron chi connectivity index (χ2n) is 7.04. The van der Waals surface area contributed by atoms with E-state index in [9.17, 15) is 9.59 Å². The fourth-order valence-electron chi connectivity index (χ4n) is 3.85. The molecule has 2 aliphatic rings. The first-order valence-corrected chi connectivity index (χ1v) is 9.41. The monoisotopic (exact) mass is 365 g/mol. The molecule has 1 fully saturated rings. The Hall–Kier alpha value is -2.96. The molecule has 1 atom stereocenters. The van der Waals surface area contributed by atoms with Crippen molar-refractivity contribution in [2.24, 2.45) is 0 Å². The van der Waals surface area contributed by atoms with Gasteiger partial charge in [0.2, 0.25) is 11.8 Å². The molecule has 4 rings (SSSR count). The lowest BCUT2D eigenvalue weighted by Gasteiger charge is -2.34. The average molecular weight is 365 g/mol. The van der Waals surface area contributed by atoms with Crippen molar-refractivity contribution in [3.63, 3.8) is 0 Å². The Bertz CT molecular complexity index is 826. The highest BCUT2D eigenvalue weighted by molar-refractivity contribution is 6.01. The molecule has 1 N–H and O–H groups in total. The van der Waals surface area contributed by atoms with Gasteiger partial charge >= 0.3 is 0 Å². The third-order valence-corrected chi connectivity index (χ3v) is 5.16. The predicted molar refractivity (Wildman–Crippen MR) is 103 cm³/mol. The average Bonchev–Trinajstić information content (AvgIpc) is 2.71. The van der Waals surface area contributed by atoms with Crippen molar-refractivity contribution in [3.8, 4) is 0 Å². The van der Waals surface area contributed by atoms with Gasteiger partial charge in [-0.3, -0.25) is 9.59 Å². The Morgan fingerprint density at radius 2 is 2.07 bits per heavy atom. The fraction of sp³-hybridized carbons (Fsp3) is 0.400. The summed E-state index contributed by atoms with van der Waals surface area (Å²) in [5.74, 6) is 0.719. The van der Waals surface area contributed by atoms with Crippen LogP contribution in [0.15, 0.2) is 42.6 Å². The zero-order valence-electron chi connectivity index (χ0n) is 15.2. The van der Waals surface area contributed by atoms with E-state index in [1.165, 1.54) is 0 Å². The summed E-state index contributed by atoms with van der Waals surface area (Å²) in [6, 6.07) is 11.6. The molecule has 2 amide bonds. The molecule has 140 valence electrons. The molecule has 7 nitrogen and oxygen atoms in total. The summed E-state index contributed by atoms with van der Waals surface area (Å²) in [6.45, 7) is 1.68. The number of rotatable bonds is 4. The third kappa shape index (κ3) is 3.92. The van der Waals surface area contributed by atoms with E-state index in [4.69, 9.17) is 0 Å². The standard InChI is InChI=1S/C20H23N5O2/c26-19(14-25-17-7-2-1-5-15(17)9-10-20(25)27)22-16-6-4-12-24(13-16)18-8-3-11-21-23-18/h1-3,5,7-8,11,16H,4,6,9-10,12-14H2,(H,22,26). The van der Waals surface area contributed by atoms with Crippen LogP contribution in [0.25, 0.3) is 0 Å². The fourth-order valence-corrected chi connectivity index (χ4v) is 3.85. The van der Waals surface area contributed by atoms with Crippen molar-refractivity contribution in [1.29, 1.82) is 0 Å². The van der Waals surface area contributed by atoms with Crippen LogP contribution in [0.2, 0.25) is 0 Å². The van der Waals surface area contributed by atoms with Crippen molar-refractivity contribution in [2.45, 2.75) is 31.7 Å². The van der Waals surface area contributed by atoms with E-state index in [1.807, 2.05) is 36.4 Å². The zero-order chi connectivity index (χ0) is 18.6. The normalized spacial score (nSPS) is 19.6. The molecule has 0 aliphatic carbocycles. The minimum absolute atomic E-state index is 0.00804. The molecule has 0 spiro atoms. The minimum atomic E-state index is -0.119. The molecular formula is C20H23N5O2. The number of hydrogen-bond acceptors (Lipinski definition) is 5. The van der Waals surface area contributed by atoms with E-state index in [2.05, 4.69) is 20.4 Å². The van der Waals surface area contributed by atoms with Gasteiger partial charge in [0.05, 0.1) is 0 Å². The lowest BCUT2D eigenvalue weighted by molar-refractivity contribution is -0.124. The molecule has 2 aromatic rings. The number of nitrogens with zero attached hydrogens (tertiary/aromatic N) is 4. The first kappa shape index (κ1) is 17.5. The predicted octanol–water partition coefficient (Wildman–Crippen LogP) is 1.54. The number of anilines is 2. The van der Waals surface area contributed by atoms with Crippen LogP contribution in [0.4, 0.5) is 11.5 Å². The Balaban J connectivity index is 1.39. The van der Waals surface area contributed by atoms with Crippen molar-refractivity contribution in [3.05, 3.63) is 48.2 Å². The highest BCUT2D eigenvalue weighted by Gasteiger charge is 2.27. The molecule has 0 bridgehead atoms. The number of para-hydroxylation sites is 1. The highest BCUT2D eigenvalue weighted by atomic mass is 16.2. The summed E-state index contributed by atoms with van der Waals surface area (Å²) in [5.41, 5.74) is 1.98. The van der Waals surface area contributed by atoms with E-state index in [-0.39, 0.29) is 24.4 Å². The molecular weight excluding hydrogens is 342 g/mol. The van der Waals surface area contributed by atoms with E-state index >= 15 is 0 Å². The van der Waals surface area contributed by atoms with Crippen LogP contribution in [-0.4, -0.2) is 47.7 Å². The molecule has 1 aromatic heterocycles. The number of hydrogen-bond donors (Lipinski definition) is 1. The van der Waals surface area contributed by atoms with Crippen LogP contribution in [0.1, 0.15) is 24.8 Å². The van der Waals surface area contributed by atoms with Crippen molar-refractivity contribution in [2.75, 3.05) is 29.4 Å². The van der Waals surface area contributed by atoms with Gasteiger partial charge in [0.15, 0.2) is 5.82 Å². The molecule has 1 saturated heterocycles. The molecule has 1 aromatic carbocycles. The number of carbonyl (C=O) groups is 2. The highest BCUT2D eigenvalue weighted by Crippen LogP contribution is 2.27. The lowest BCUT2D eigenvalue weighted by Crippen LogP contribution is -2.51. The first-order chi connectivity index (χ1) is 13.2. The SMILES string of the molecule is O=C(CN1C(=O)CCc2ccccc21)NC1CCCN(c2cccnn2)C1. The van der Waals surface area contributed by atoms with Gasteiger partial charge in [-0.15, -0.1) is 5.10 Å². The van der Waals surface area contributed by atoms with E-state index in [0.717, 1.165) is 42.9 Å². The van der Waals surface area contributed by atoms with Gasteiger partial charge in [0.25, 0.3) is 0 Å². The number of aromatic nitrogens is 2. The van der Waals surface area contributed by atoms with Crippen molar-refractivity contribution >= 4 is 23.3 Å². The van der Waals surface area contributed by atoms with Crippen LogP contribution >= 0.6 is 0 Å². The maximum absolute atomic E-state index is 12.6. The number of carbonyl (C=O) groups excluding carboxylic acids is 2. The number of fused-ring (bicyclic) bond motifs is 1. The first-order valence-electron chi connectivity index (χ1n) is 9.41. The number of benzene rings is 1. The van der Waals surface area contributed by atoms with Gasteiger partial charge in [0.1, 0.15) is 6.54 Å². The Morgan fingerprint density at radius 3 is 2.93 bits per heavy atom. The maximum Gasteiger partial charge on any atom is 0.240 e. The van der Waals surface area contributed by atoms with Gasteiger partial charge in [-0.2, -0.15) is 5.10 Å². The van der Waals surface area contributed by atoms with Crippen LogP contribution in [-0.2, 0) is 16.0 Å². The van der Waals surface area contributed by atoms with Gasteiger partial charge in [0, 0.05) is 37.4 Å². The number of nitrogens with one attached hydrogen (secondary N) is 1. The largest absolute Gasteiger partial charge is 0.353 e. The smallest absolute Gasteiger partial charge is 0.240 e. The topological polar surface area (TPSA) is 78.4 Å². The summed E-state index contributed by atoms with van der Waals surface area (Å²) >= 11 is 0. The van der Waals surface area contributed by atoms with Crippen LogP contribution in [0.3, 0.4) is 0 Å². The molecule has 0 saturated carbocycles. The van der Waals surface area contributed by atoms with Crippen molar-refractivity contribution in [1.82, 2.24) is 15.5 Å². The number of piperidine rings is 1. The number of amides is 2. The Labute approximate surface area is 158 Å². The molecule has 27 heavy (non-hydrogen) atoms. The van der Waals surface area contributed by atoms with Crippen LogP contribution in [0.5, 0.6) is 0 Å². The van der Waals surface area contributed by atoms with Gasteiger partial charge in [-0.25, -0.2) is 0 Å². The second-order valence-corrected chi connectivity index (χ2v) is 7.04. The summed E-state index contributed by atoms with van der Waals surface area (Å²) in [4.78, 5) is 28.7. The van der Waals surface area contributed by atoms with Gasteiger partial charge in [-0.1, -0.05) is 18.2 Å². The Kier molecular flexibility index (Phi) is 5.00. The molecule has 0 radical (unpaired) electrons. The summed E-state index contributed by atoms with van der Waals surface area (Å²) in [7, 11) is 0. The molecule has 1 unspecified atom stereocenters. The molecule has 7 heteroatoms. The summed E-state index contributed by atoms with van der Waals surface area (Å²) < 4.78 is 0. The second kappa shape index (κ2) is 7.73. The Morgan fingerprint density at radius 1 is 1.19 bits per heavy atom. The molecule has 3 heterocycles. The summed E-state index contributed by atoms with van der Waals surface area (Å²) in [5, 5.41) is 11.2. The zero-order valence-corrected chi connectivity index (χ0v) is 15.2. The minimum Gasteiger partial charge on any atom is -0.353 e. The van der Waals surface area contributed by atoms with E-state index in [1.54, 1.807) is 11.1 Å². The van der Waals surface area contributed by atoms with Crippen LogP contribution in [0, 0.1) is 0 Å². The molecule has 2 aliphatic heterocycles. The lowest BCUT2D eigenvalue weighted by atomic mass is 10.0. The van der Waals surface area contributed by atoms with Gasteiger partial charge in [-0.05, 0) is 43.0 Å². The maximum atomic E-state index is 12.6. The quantitative estimate of drug-likeness (QED) is 0.889. The van der Waals surface area contributed by atoms with E-state index < -0.39 is 0 Å². The van der Waals surface area contributed by atoms with Gasteiger partial charge < -0.3 is 15.1 Å². The third-order valence-electron chi connectivity index (χ3n) is 5.16. The summed E-state index contributed by atoms with van der Waals surface area (Å²) in [6.07, 6.45) is 4.75.